The van der Waals surface area contributed by atoms with E-state index in [1.807, 2.05) is 39.6 Å². The zero-order valence-corrected chi connectivity index (χ0v) is 14.1. The summed E-state index contributed by atoms with van der Waals surface area (Å²) in [6.45, 7) is 8.75. The van der Waals surface area contributed by atoms with Crippen LogP contribution in [0.1, 0.15) is 34.1 Å². The number of hydrogen-bond donors (Lipinski definition) is 1. The van der Waals surface area contributed by atoms with Crippen LogP contribution >= 0.6 is 0 Å². The van der Waals surface area contributed by atoms with Crippen molar-refractivity contribution in [1.29, 1.82) is 0 Å². The first-order chi connectivity index (χ1) is 10.3. The van der Waals surface area contributed by atoms with Crippen molar-refractivity contribution in [3.05, 3.63) is 30.1 Å². The molecule has 0 aromatic heterocycles. The quantitative estimate of drug-likeness (QED) is 0.803. The molecule has 0 aliphatic carbocycles. The van der Waals surface area contributed by atoms with Crippen molar-refractivity contribution in [3.8, 4) is 5.75 Å². The second-order valence-corrected chi connectivity index (χ2v) is 6.16. The molecule has 22 heavy (non-hydrogen) atoms. The van der Waals surface area contributed by atoms with Gasteiger partial charge in [-0.05, 0) is 46.4 Å². The maximum Gasteiger partial charge on any atom is 0.237 e. The Morgan fingerprint density at radius 3 is 2.64 bits per heavy atom. The van der Waals surface area contributed by atoms with E-state index in [2.05, 4.69) is 5.32 Å². The van der Waals surface area contributed by atoms with Crippen LogP contribution in [0.4, 0.5) is 4.39 Å². The van der Waals surface area contributed by atoms with Gasteiger partial charge in [-0.3, -0.25) is 9.69 Å². The first-order valence-corrected chi connectivity index (χ1v) is 7.66. The molecule has 0 spiro atoms. The molecule has 1 rings (SSSR count). The summed E-state index contributed by atoms with van der Waals surface area (Å²) in [7, 11) is 1.86. The molecule has 1 N–H and O–H groups in total. The standard InChI is InChI=1S/C17H27FN2O2/c1-6-17(3,4)19-16(21)13(2)20(5)11-12-22-15-10-8-7-9-14(15)18/h7-10,13H,6,11-12H2,1-5H3,(H,19,21). The smallest absolute Gasteiger partial charge is 0.237 e. The van der Waals surface area contributed by atoms with E-state index >= 15 is 0 Å². The number of para-hydroxylation sites is 1. The van der Waals surface area contributed by atoms with E-state index < -0.39 is 0 Å². The Morgan fingerprint density at radius 2 is 2.05 bits per heavy atom. The molecule has 1 amide bonds. The number of likely N-dealkylation sites (N-methyl/N-ethyl adjacent to an activating group) is 1. The van der Waals surface area contributed by atoms with E-state index in [1.54, 1.807) is 18.2 Å². The molecule has 5 heteroatoms. The van der Waals surface area contributed by atoms with E-state index in [1.165, 1.54) is 6.07 Å². The van der Waals surface area contributed by atoms with Gasteiger partial charge in [0.15, 0.2) is 11.6 Å². The highest BCUT2D eigenvalue weighted by molar-refractivity contribution is 5.81. The summed E-state index contributed by atoms with van der Waals surface area (Å²) in [4.78, 5) is 14.1. The van der Waals surface area contributed by atoms with Gasteiger partial charge in [-0.25, -0.2) is 4.39 Å². The Morgan fingerprint density at radius 1 is 1.41 bits per heavy atom. The predicted octanol–water partition coefficient (Wildman–Crippen LogP) is 2.83. The van der Waals surface area contributed by atoms with Gasteiger partial charge in [-0.2, -0.15) is 0 Å². The molecule has 124 valence electrons. The van der Waals surface area contributed by atoms with Crippen LogP contribution in [0.25, 0.3) is 0 Å². The van der Waals surface area contributed by atoms with Crippen molar-refractivity contribution < 1.29 is 13.9 Å². The second kappa shape index (κ2) is 8.13. The predicted molar refractivity (Wildman–Crippen MR) is 86.5 cm³/mol. The Balaban J connectivity index is 2.43. The van der Waals surface area contributed by atoms with Gasteiger partial charge in [-0.15, -0.1) is 0 Å². The molecule has 0 heterocycles. The average molecular weight is 310 g/mol. The van der Waals surface area contributed by atoms with Gasteiger partial charge in [0.1, 0.15) is 6.61 Å². The zero-order chi connectivity index (χ0) is 16.8. The van der Waals surface area contributed by atoms with Crippen LogP contribution in [0.5, 0.6) is 5.75 Å². The van der Waals surface area contributed by atoms with E-state index in [0.29, 0.717) is 13.2 Å². The Bertz CT molecular complexity index is 491. The minimum absolute atomic E-state index is 0.0137. The van der Waals surface area contributed by atoms with Gasteiger partial charge in [-0.1, -0.05) is 19.1 Å². The molecule has 0 radical (unpaired) electrons. The van der Waals surface area contributed by atoms with Gasteiger partial charge in [0.25, 0.3) is 0 Å². The fourth-order valence-electron chi connectivity index (χ4n) is 1.78. The lowest BCUT2D eigenvalue weighted by atomic mass is 10.0. The summed E-state index contributed by atoms with van der Waals surface area (Å²) >= 11 is 0. The van der Waals surface area contributed by atoms with E-state index in [0.717, 1.165) is 6.42 Å². The topological polar surface area (TPSA) is 41.6 Å². The van der Waals surface area contributed by atoms with E-state index in [9.17, 15) is 9.18 Å². The van der Waals surface area contributed by atoms with Crippen molar-refractivity contribution in [3.63, 3.8) is 0 Å². The van der Waals surface area contributed by atoms with E-state index in [-0.39, 0.29) is 29.1 Å². The van der Waals surface area contributed by atoms with Crippen molar-refractivity contribution in [2.24, 2.45) is 0 Å². The Hall–Kier alpha value is -1.62. The summed E-state index contributed by atoms with van der Waals surface area (Å²) in [5.41, 5.74) is -0.212. The summed E-state index contributed by atoms with van der Waals surface area (Å²) in [6.07, 6.45) is 0.867. The SMILES string of the molecule is CCC(C)(C)NC(=O)C(C)N(C)CCOc1ccccc1F. The van der Waals surface area contributed by atoms with Gasteiger partial charge in [0.2, 0.25) is 5.91 Å². The number of ether oxygens (including phenoxy) is 1. The molecule has 1 unspecified atom stereocenters. The van der Waals surface area contributed by atoms with Crippen molar-refractivity contribution in [2.75, 3.05) is 20.2 Å². The normalized spacial score (nSPS) is 13.0. The van der Waals surface area contributed by atoms with E-state index in [4.69, 9.17) is 4.74 Å². The maximum absolute atomic E-state index is 13.4. The lowest BCUT2D eigenvalue weighted by Gasteiger charge is -2.30. The highest BCUT2D eigenvalue weighted by atomic mass is 19.1. The number of carbonyl (C=O) groups excluding carboxylic acids is 1. The van der Waals surface area contributed by atoms with Gasteiger partial charge >= 0.3 is 0 Å². The minimum Gasteiger partial charge on any atom is -0.489 e. The molecule has 0 aliphatic rings. The van der Waals surface area contributed by atoms with Gasteiger partial charge in [0, 0.05) is 12.1 Å². The lowest BCUT2D eigenvalue weighted by Crippen LogP contribution is -2.51. The number of halogens is 1. The van der Waals surface area contributed by atoms with Crippen molar-refractivity contribution >= 4 is 5.91 Å². The third-order valence-corrected chi connectivity index (χ3v) is 3.92. The molecule has 0 saturated heterocycles. The summed E-state index contributed by atoms with van der Waals surface area (Å²) < 4.78 is 18.8. The Kier molecular flexibility index (Phi) is 6.81. The largest absolute Gasteiger partial charge is 0.489 e. The highest BCUT2D eigenvalue weighted by Gasteiger charge is 2.24. The second-order valence-electron chi connectivity index (χ2n) is 6.16. The summed E-state index contributed by atoms with van der Waals surface area (Å²) in [5, 5.41) is 3.02. The number of nitrogens with zero attached hydrogens (tertiary/aromatic N) is 1. The van der Waals surface area contributed by atoms with Crippen LogP contribution in [0.3, 0.4) is 0 Å². The van der Waals surface area contributed by atoms with Crippen LogP contribution < -0.4 is 10.1 Å². The minimum atomic E-state index is -0.374. The van der Waals surface area contributed by atoms with Crippen LogP contribution in [-0.2, 0) is 4.79 Å². The molecule has 0 saturated carbocycles. The molecule has 1 aromatic carbocycles. The molecule has 1 aromatic rings. The summed E-state index contributed by atoms with van der Waals surface area (Å²) in [5.74, 6) is -0.152. The number of benzene rings is 1. The third-order valence-electron chi connectivity index (χ3n) is 3.92. The molecule has 0 fully saturated rings. The zero-order valence-electron chi connectivity index (χ0n) is 14.1. The molecule has 0 bridgehead atoms. The van der Waals surface area contributed by atoms with Crippen LogP contribution in [-0.4, -0.2) is 42.6 Å². The fourth-order valence-corrected chi connectivity index (χ4v) is 1.78. The monoisotopic (exact) mass is 310 g/mol. The molecular formula is C17H27FN2O2. The fraction of sp³-hybridized carbons (Fsp3) is 0.588. The maximum atomic E-state index is 13.4. The lowest BCUT2D eigenvalue weighted by molar-refractivity contribution is -0.127. The first-order valence-electron chi connectivity index (χ1n) is 7.66. The third kappa shape index (κ3) is 5.64. The highest BCUT2D eigenvalue weighted by Crippen LogP contribution is 2.15. The average Bonchev–Trinajstić information content (AvgIpc) is 2.47. The molecule has 1 atom stereocenters. The first kappa shape index (κ1) is 18.4. The number of carbonyl (C=O) groups is 1. The van der Waals surface area contributed by atoms with Crippen LogP contribution in [0, 0.1) is 5.82 Å². The molecule has 0 aliphatic heterocycles. The van der Waals surface area contributed by atoms with Gasteiger partial charge in [0.05, 0.1) is 6.04 Å². The van der Waals surface area contributed by atoms with Crippen LogP contribution in [0.2, 0.25) is 0 Å². The van der Waals surface area contributed by atoms with Crippen molar-refractivity contribution in [2.45, 2.75) is 45.7 Å². The number of nitrogens with one attached hydrogen (secondary N) is 1. The van der Waals surface area contributed by atoms with Gasteiger partial charge < -0.3 is 10.1 Å². The molecule has 4 nitrogen and oxygen atoms in total. The summed E-state index contributed by atoms with van der Waals surface area (Å²) in [6, 6.07) is 6.04. The number of amides is 1. The number of rotatable bonds is 8. The Labute approximate surface area is 132 Å². The number of hydrogen-bond acceptors (Lipinski definition) is 3. The molecular weight excluding hydrogens is 283 g/mol. The van der Waals surface area contributed by atoms with Crippen molar-refractivity contribution in [1.82, 2.24) is 10.2 Å². The van der Waals surface area contributed by atoms with Crippen LogP contribution in [0.15, 0.2) is 24.3 Å².